The summed E-state index contributed by atoms with van der Waals surface area (Å²) >= 11 is 0. The third-order valence-electron chi connectivity index (χ3n) is 0.315. The zero-order valence-electron chi connectivity index (χ0n) is 5.26. The fourth-order valence-electron chi connectivity index (χ4n) is 0.183. The van der Waals surface area contributed by atoms with Crippen LogP contribution in [-0.4, -0.2) is 25.2 Å². The third kappa shape index (κ3) is 9.52. The fraction of sp³-hybridized carbons (Fsp3) is 0.667. The van der Waals surface area contributed by atoms with E-state index in [9.17, 15) is 9.90 Å². The zero-order chi connectivity index (χ0) is 5.86. The van der Waals surface area contributed by atoms with Gasteiger partial charge in [-0.2, -0.15) is 0 Å². The monoisotopic (exact) mass is 126 g/mol. The summed E-state index contributed by atoms with van der Waals surface area (Å²) in [5, 5.41) is 10.8. The van der Waals surface area contributed by atoms with Gasteiger partial charge in [0.1, 0.15) is 6.09 Å². The molecule has 0 spiro atoms. The second kappa shape index (κ2) is 5.37. The van der Waals surface area contributed by atoms with Gasteiger partial charge in [-0.15, -0.1) is 0 Å². The molecule has 0 unspecified atom stereocenters. The molecule has 0 bridgehead atoms. The normalized spacial score (nSPS) is 7.88. The molecule has 0 aromatic rings. The van der Waals surface area contributed by atoms with E-state index in [0.29, 0.717) is 0 Å². The van der Waals surface area contributed by atoms with Gasteiger partial charge in [-0.3, -0.25) is 0 Å². The van der Waals surface area contributed by atoms with Gasteiger partial charge in [0, 0.05) is 14.1 Å². The molecule has 5 heteroatoms. The Kier molecular flexibility index (Phi) is 7.44. The quantitative estimate of drug-likeness (QED) is 0.284. The molecular weight excluding hydrogens is 119 g/mol. The Morgan fingerprint density at radius 3 is 2.00 bits per heavy atom. The molecule has 0 atom stereocenters. The number of carboxylic acid groups (broad SMARTS) is 1. The number of hydrogen-bond acceptors (Lipinski definition) is 3. The van der Waals surface area contributed by atoms with Gasteiger partial charge in [0.05, 0.1) is 0 Å². The molecule has 0 aliphatic rings. The fourth-order valence-corrected chi connectivity index (χ4v) is 0.183. The van der Waals surface area contributed by atoms with E-state index >= 15 is 0 Å². The van der Waals surface area contributed by atoms with Crippen LogP contribution >= 0.6 is 0 Å². The summed E-state index contributed by atoms with van der Waals surface area (Å²) in [6, 6.07) is 0. The van der Waals surface area contributed by atoms with Gasteiger partial charge in [0.25, 0.3) is 0 Å². The summed E-state index contributed by atoms with van der Waals surface area (Å²) in [4.78, 5) is 9.55. The maximum absolute atomic E-state index is 9.55. The first-order chi connectivity index (χ1) is 3.13. The topological polar surface area (TPSA) is 55.4 Å². The van der Waals surface area contributed by atoms with Crippen molar-refractivity contribution >= 4 is 6.09 Å². The van der Waals surface area contributed by atoms with Crippen molar-refractivity contribution in [3.05, 3.63) is 0 Å². The molecule has 0 saturated carbocycles. The van der Waals surface area contributed by atoms with Crippen LogP contribution in [0.5, 0.6) is 0 Å². The third-order valence-corrected chi connectivity index (χ3v) is 0.315. The Balaban J connectivity index is 0. The van der Waals surface area contributed by atoms with Gasteiger partial charge in [-0.1, -0.05) is 0 Å². The van der Waals surface area contributed by atoms with Crippen molar-refractivity contribution in [1.82, 2.24) is 10.4 Å². The van der Waals surface area contributed by atoms with Crippen molar-refractivity contribution < 1.29 is 39.5 Å². The minimum Gasteiger partial charge on any atom is -0.529 e. The molecular formula is C3H7N2NaO2. The van der Waals surface area contributed by atoms with Crippen molar-refractivity contribution in [2.75, 3.05) is 14.1 Å². The standard InChI is InChI=1S/C3H8N2O2.Na/c1-5(2)4-3(6)7;/h4H,1-2H3,(H,6,7);/q;+1/p-1. The number of nitrogens with one attached hydrogen (secondary N) is 1. The Hall–Kier alpha value is 0.230. The molecule has 4 nitrogen and oxygen atoms in total. The van der Waals surface area contributed by atoms with Crippen LogP contribution in [0, 0.1) is 0 Å². The predicted octanol–water partition coefficient (Wildman–Crippen LogP) is -4.60. The van der Waals surface area contributed by atoms with E-state index in [4.69, 9.17) is 0 Å². The Morgan fingerprint density at radius 2 is 2.00 bits per heavy atom. The number of hydrogen-bond donors (Lipinski definition) is 1. The minimum absolute atomic E-state index is 0. The van der Waals surface area contributed by atoms with Gasteiger partial charge >= 0.3 is 29.6 Å². The summed E-state index contributed by atoms with van der Waals surface area (Å²) in [5.74, 6) is 0. The first-order valence-electron chi connectivity index (χ1n) is 1.78. The average Bonchev–Trinajstić information content (AvgIpc) is 1.27. The van der Waals surface area contributed by atoms with Crippen LogP contribution in [-0.2, 0) is 0 Å². The molecule has 0 heterocycles. The van der Waals surface area contributed by atoms with Gasteiger partial charge < -0.3 is 15.3 Å². The van der Waals surface area contributed by atoms with Crippen LogP contribution in [0.25, 0.3) is 0 Å². The van der Waals surface area contributed by atoms with Crippen LogP contribution in [0.2, 0.25) is 0 Å². The van der Waals surface area contributed by atoms with Crippen LogP contribution in [0.4, 0.5) is 4.79 Å². The first kappa shape index (κ1) is 11.1. The maximum Gasteiger partial charge on any atom is 1.00 e. The molecule has 0 rings (SSSR count). The number of rotatable bonds is 1. The predicted molar refractivity (Wildman–Crippen MR) is 22.2 cm³/mol. The van der Waals surface area contributed by atoms with Gasteiger partial charge in [-0.05, 0) is 0 Å². The van der Waals surface area contributed by atoms with Crippen LogP contribution < -0.4 is 40.1 Å². The number of amides is 1. The summed E-state index contributed by atoms with van der Waals surface area (Å²) in [6.07, 6.45) is -1.29. The molecule has 42 valence electrons. The van der Waals surface area contributed by atoms with Crippen LogP contribution in [0.3, 0.4) is 0 Å². The van der Waals surface area contributed by atoms with Crippen molar-refractivity contribution in [2.45, 2.75) is 0 Å². The summed E-state index contributed by atoms with van der Waals surface area (Å²) < 4.78 is 0. The molecule has 0 saturated heterocycles. The molecule has 1 N–H and O–H groups in total. The summed E-state index contributed by atoms with van der Waals surface area (Å²) in [5.41, 5.74) is 1.94. The van der Waals surface area contributed by atoms with Crippen molar-refractivity contribution in [1.29, 1.82) is 0 Å². The first-order valence-corrected chi connectivity index (χ1v) is 1.78. The van der Waals surface area contributed by atoms with Gasteiger partial charge in [-0.25, -0.2) is 5.01 Å². The van der Waals surface area contributed by atoms with E-state index in [2.05, 4.69) is 0 Å². The minimum atomic E-state index is -1.29. The van der Waals surface area contributed by atoms with Gasteiger partial charge in [0.15, 0.2) is 0 Å². The molecule has 0 aliphatic carbocycles. The molecule has 0 aliphatic heterocycles. The smallest absolute Gasteiger partial charge is 0.529 e. The van der Waals surface area contributed by atoms with E-state index in [0.717, 1.165) is 0 Å². The van der Waals surface area contributed by atoms with Crippen molar-refractivity contribution in [2.24, 2.45) is 0 Å². The molecule has 0 fully saturated rings. The van der Waals surface area contributed by atoms with Crippen LogP contribution in [0.15, 0.2) is 0 Å². The number of carbonyl (C=O) groups excluding carboxylic acids is 1. The molecule has 0 aromatic heterocycles. The largest absolute Gasteiger partial charge is 1.00 e. The van der Waals surface area contributed by atoms with Crippen molar-refractivity contribution in [3.63, 3.8) is 0 Å². The van der Waals surface area contributed by atoms with Crippen molar-refractivity contribution in [3.8, 4) is 0 Å². The molecule has 8 heavy (non-hydrogen) atoms. The Morgan fingerprint density at radius 1 is 1.62 bits per heavy atom. The van der Waals surface area contributed by atoms with E-state index in [1.54, 1.807) is 14.1 Å². The van der Waals surface area contributed by atoms with E-state index in [-0.39, 0.29) is 29.6 Å². The van der Waals surface area contributed by atoms with E-state index < -0.39 is 6.09 Å². The number of hydrazine groups is 1. The van der Waals surface area contributed by atoms with Crippen LogP contribution in [0.1, 0.15) is 0 Å². The molecule has 0 aromatic carbocycles. The second-order valence-electron chi connectivity index (χ2n) is 1.29. The Bertz CT molecular complexity index is 75.7. The SMILES string of the molecule is CN(C)NC(=O)[O-].[Na+]. The molecule has 0 radical (unpaired) electrons. The summed E-state index contributed by atoms with van der Waals surface area (Å²) in [7, 11) is 3.13. The van der Waals surface area contributed by atoms with E-state index in [1.807, 2.05) is 5.43 Å². The average molecular weight is 126 g/mol. The summed E-state index contributed by atoms with van der Waals surface area (Å²) in [6.45, 7) is 0. The Labute approximate surface area is 70.1 Å². The molecule has 1 amide bonds. The van der Waals surface area contributed by atoms with Gasteiger partial charge in [0.2, 0.25) is 0 Å². The second-order valence-corrected chi connectivity index (χ2v) is 1.29. The van der Waals surface area contributed by atoms with E-state index in [1.165, 1.54) is 5.01 Å². The zero-order valence-corrected chi connectivity index (χ0v) is 7.26. The maximum atomic E-state index is 9.55. The number of nitrogens with zero attached hydrogens (tertiary/aromatic N) is 1. The number of carbonyl (C=O) groups is 1.